The zero-order valence-electron chi connectivity index (χ0n) is 17.7. The maximum Gasteiger partial charge on any atom is 0.247 e. The fourth-order valence-corrected chi connectivity index (χ4v) is 3.48. The Morgan fingerprint density at radius 3 is 2.76 bits per heavy atom. The van der Waals surface area contributed by atoms with E-state index in [1.165, 1.54) is 6.08 Å². The van der Waals surface area contributed by atoms with Crippen molar-refractivity contribution in [3.8, 4) is 11.3 Å². The summed E-state index contributed by atoms with van der Waals surface area (Å²) in [6, 6.07) is 13.6. The Kier molecular flexibility index (Phi) is 5.61. The normalized spacial score (nSPS) is 13.2. The number of nitrogens with one attached hydrogen (secondary N) is 4. The van der Waals surface area contributed by atoms with Gasteiger partial charge in [0.2, 0.25) is 11.9 Å². The van der Waals surface area contributed by atoms with Crippen LogP contribution < -0.4 is 21.3 Å². The molecular formula is C24H22N8O. The molecule has 0 atom stereocenters. The van der Waals surface area contributed by atoms with Crippen LogP contribution in [0, 0.1) is 0 Å². The number of hydrogen-bond donors (Lipinski definition) is 4. The van der Waals surface area contributed by atoms with Crippen LogP contribution in [0.2, 0.25) is 0 Å². The van der Waals surface area contributed by atoms with E-state index in [4.69, 9.17) is 4.98 Å². The molecule has 0 bridgehead atoms. The average molecular weight is 438 g/mol. The van der Waals surface area contributed by atoms with Crippen LogP contribution in [0.3, 0.4) is 0 Å². The van der Waals surface area contributed by atoms with E-state index in [0.717, 1.165) is 41.2 Å². The fraction of sp³-hybridized carbons (Fsp3) is 0.125. The molecule has 1 aliphatic rings. The van der Waals surface area contributed by atoms with Gasteiger partial charge in [0.05, 0.1) is 35.3 Å². The minimum Gasteiger partial charge on any atom is -0.365 e. The molecule has 164 valence electrons. The maximum atomic E-state index is 11.7. The predicted octanol–water partition coefficient (Wildman–Crippen LogP) is 3.34. The average Bonchev–Trinajstić information content (AvgIpc) is 2.82. The van der Waals surface area contributed by atoms with Crippen molar-refractivity contribution in [2.24, 2.45) is 0 Å². The van der Waals surface area contributed by atoms with Gasteiger partial charge in [0.15, 0.2) is 0 Å². The summed E-state index contributed by atoms with van der Waals surface area (Å²) in [5, 5.41) is 13.5. The Morgan fingerprint density at radius 2 is 2.00 bits per heavy atom. The van der Waals surface area contributed by atoms with Gasteiger partial charge in [-0.1, -0.05) is 18.7 Å². The number of anilines is 4. The minimum absolute atomic E-state index is 0.273. The minimum atomic E-state index is -0.273. The number of rotatable bonds is 7. The molecule has 0 saturated carbocycles. The van der Waals surface area contributed by atoms with Crippen LogP contribution >= 0.6 is 0 Å². The summed E-state index contributed by atoms with van der Waals surface area (Å²) in [5.41, 5.74) is 3.69. The number of fused-ring (bicyclic) bond motifs is 1. The lowest BCUT2D eigenvalue weighted by Crippen LogP contribution is -2.51. The van der Waals surface area contributed by atoms with E-state index < -0.39 is 0 Å². The molecule has 1 aliphatic heterocycles. The van der Waals surface area contributed by atoms with Crippen LogP contribution in [0.1, 0.15) is 0 Å². The predicted molar refractivity (Wildman–Crippen MR) is 129 cm³/mol. The van der Waals surface area contributed by atoms with Crippen molar-refractivity contribution in [3.63, 3.8) is 0 Å². The van der Waals surface area contributed by atoms with E-state index in [2.05, 4.69) is 42.8 Å². The van der Waals surface area contributed by atoms with Crippen molar-refractivity contribution in [1.29, 1.82) is 0 Å². The number of aromatic nitrogens is 4. The standard InChI is InChI=1S/C24H22N8O/c1-2-22(33)29-16-5-3-4-15(10-16)23-19-8-9-25-14-20(19)31-24(32-23)30-17-6-7-21(27-13-17)28-18-11-26-12-18/h2-10,13-14,18,26H,1,11-12H2,(H,27,28)(H,29,33)(H,30,31,32). The summed E-state index contributed by atoms with van der Waals surface area (Å²) in [7, 11) is 0. The molecule has 0 radical (unpaired) electrons. The lowest BCUT2D eigenvalue weighted by Gasteiger charge is -2.28. The largest absolute Gasteiger partial charge is 0.365 e. The number of carbonyl (C=O) groups is 1. The number of amides is 1. The monoisotopic (exact) mass is 438 g/mol. The zero-order valence-corrected chi connectivity index (χ0v) is 17.7. The highest BCUT2D eigenvalue weighted by Gasteiger charge is 2.16. The van der Waals surface area contributed by atoms with E-state index in [0.29, 0.717) is 23.2 Å². The van der Waals surface area contributed by atoms with Crippen molar-refractivity contribution in [1.82, 2.24) is 25.3 Å². The van der Waals surface area contributed by atoms with E-state index >= 15 is 0 Å². The van der Waals surface area contributed by atoms with Crippen LogP contribution in [0.4, 0.5) is 23.1 Å². The number of nitrogens with zero attached hydrogens (tertiary/aromatic N) is 4. The molecule has 4 N–H and O–H groups in total. The van der Waals surface area contributed by atoms with E-state index in [1.54, 1.807) is 18.6 Å². The number of carbonyl (C=O) groups excluding carboxylic acids is 1. The van der Waals surface area contributed by atoms with Gasteiger partial charge in [0.1, 0.15) is 5.82 Å². The Labute approximate surface area is 190 Å². The van der Waals surface area contributed by atoms with Crippen LogP contribution in [0.5, 0.6) is 0 Å². The van der Waals surface area contributed by atoms with E-state index in [-0.39, 0.29) is 5.91 Å². The fourth-order valence-electron chi connectivity index (χ4n) is 3.48. The molecule has 1 amide bonds. The first-order valence-corrected chi connectivity index (χ1v) is 10.5. The van der Waals surface area contributed by atoms with Crippen LogP contribution in [-0.2, 0) is 4.79 Å². The molecule has 9 heteroatoms. The first-order chi connectivity index (χ1) is 16.2. The van der Waals surface area contributed by atoms with E-state index in [9.17, 15) is 4.79 Å². The van der Waals surface area contributed by atoms with Crippen molar-refractivity contribution in [3.05, 3.63) is 73.7 Å². The van der Waals surface area contributed by atoms with Gasteiger partial charge in [-0.3, -0.25) is 9.78 Å². The zero-order chi connectivity index (χ0) is 22.6. The molecule has 0 aliphatic carbocycles. The second kappa shape index (κ2) is 9.01. The van der Waals surface area contributed by atoms with Gasteiger partial charge in [0.25, 0.3) is 0 Å². The Balaban J connectivity index is 1.45. The topological polar surface area (TPSA) is 117 Å². The van der Waals surface area contributed by atoms with Gasteiger partial charge in [-0.25, -0.2) is 15.0 Å². The van der Waals surface area contributed by atoms with Crippen LogP contribution in [-0.4, -0.2) is 45.0 Å². The molecule has 1 fully saturated rings. The smallest absolute Gasteiger partial charge is 0.247 e. The molecule has 33 heavy (non-hydrogen) atoms. The SMILES string of the molecule is C=CC(=O)Nc1cccc(-c2nc(Nc3ccc(NC4CNC4)nc3)nc3cnccc23)c1. The summed E-state index contributed by atoms with van der Waals surface area (Å²) in [6.07, 6.45) is 6.39. The molecule has 5 rings (SSSR count). The third-order valence-electron chi connectivity index (χ3n) is 5.24. The summed E-state index contributed by atoms with van der Waals surface area (Å²) in [5.74, 6) is 0.983. The van der Waals surface area contributed by atoms with Crippen molar-refractivity contribution in [2.45, 2.75) is 6.04 Å². The molecule has 4 heterocycles. The maximum absolute atomic E-state index is 11.7. The van der Waals surface area contributed by atoms with Gasteiger partial charge in [0, 0.05) is 35.9 Å². The van der Waals surface area contributed by atoms with Crippen LogP contribution in [0.15, 0.2) is 73.7 Å². The summed E-state index contributed by atoms with van der Waals surface area (Å²) >= 11 is 0. The highest BCUT2D eigenvalue weighted by molar-refractivity contribution is 6.00. The number of hydrogen-bond acceptors (Lipinski definition) is 8. The Bertz CT molecular complexity index is 1320. The van der Waals surface area contributed by atoms with E-state index in [1.807, 2.05) is 42.5 Å². The second-order valence-electron chi connectivity index (χ2n) is 7.62. The quantitative estimate of drug-likeness (QED) is 0.325. The summed E-state index contributed by atoms with van der Waals surface area (Å²) in [4.78, 5) is 29.8. The number of pyridine rings is 2. The summed E-state index contributed by atoms with van der Waals surface area (Å²) < 4.78 is 0. The molecule has 0 spiro atoms. The molecule has 3 aromatic heterocycles. The molecule has 0 unspecified atom stereocenters. The van der Waals surface area contributed by atoms with Crippen molar-refractivity contribution in [2.75, 3.05) is 29.0 Å². The third kappa shape index (κ3) is 4.63. The number of benzene rings is 1. The molecule has 1 saturated heterocycles. The highest BCUT2D eigenvalue weighted by atomic mass is 16.1. The van der Waals surface area contributed by atoms with Gasteiger partial charge in [-0.15, -0.1) is 0 Å². The van der Waals surface area contributed by atoms with Gasteiger partial charge < -0.3 is 21.3 Å². The first-order valence-electron chi connectivity index (χ1n) is 10.5. The summed E-state index contributed by atoms with van der Waals surface area (Å²) in [6.45, 7) is 5.39. The Morgan fingerprint density at radius 1 is 1.09 bits per heavy atom. The lowest BCUT2D eigenvalue weighted by atomic mass is 10.1. The highest BCUT2D eigenvalue weighted by Crippen LogP contribution is 2.29. The first kappa shape index (κ1) is 20.5. The van der Waals surface area contributed by atoms with Crippen molar-refractivity contribution < 1.29 is 4.79 Å². The molecule has 9 nitrogen and oxygen atoms in total. The Hall–Kier alpha value is -4.37. The van der Waals surface area contributed by atoms with Gasteiger partial charge in [-0.05, 0) is 36.4 Å². The molecule has 1 aromatic carbocycles. The molecular weight excluding hydrogens is 416 g/mol. The van der Waals surface area contributed by atoms with Crippen molar-refractivity contribution >= 4 is 40.0 Å². The molecule has 4 aromatic rings. The van der Waals surface area contributed by atoms with Gasteiger partial charge in [-0.2, -0.15) is 0 Å². The van der Waals surface area contributed by atoms with Gasteiger partial charge >= 0.3 is 0 Å². The van der Waals surface area contributed by atoms with Crippen LogP contribution in [0.25, 0.3) is 22.2 Å². The third-order valence-corrected chi connectivity index (χ3v) is 5.24. The second-order valence-corrected chi connectivity index (χ2v) is 7.62. The lowest BCUT2D eigenvalue weighted by molar-refractivity contribution is -0.111.